The molecule has 0 saturated heterocycles. The fourth-order valence-electron chi connectivity index (χ4n) is 1.44. The van der Waals surface area contributed by atoms with Gasteiger partial charge in [0.2, 0.25) is 5.43 Å². The molecule has 0 saturated carbocycles. The highest BCUT2D eigenvalue weighted by atomic mass is 35.5. The van der Waals surface area contributed by atoms with Crippen molar-refractivity contribution in [3.8, 4) is 0 Å². The lowest BCUT2D eigenvalue weighted by Gasteiger charge is -2.05. The molecular weight excluding hydrogens is 200 g/mol. The normalized spacial score (nSPS) is 10.7. The van der Waals surface area contributed by atoms with Crippen molar-refractivity contribution in [3.63, 3.8) is 0 Å². The van der Waals surface area contributed by atoms with Gasteiger partial charge in [-0.15, -0.1) is 0 Å². The molecule has 4 heteroatoms. The number of aromatic nitrogens is 2. The standard InChI is InChI=1S/C10H9ClN2O/c1-2-13-9-4-3-7(11)5-8(9)10(14)6-12-13/h3-6H,2H2,1H3. The molecular formula is C10H9ClN2O. The first-order valence-corrected chi connectivity index (χ1v) is 4.75. The average molecular weight is 209 g/mol. The van der Waals surface area contributed by atoms with E-state index in [0.717, 1.165) is 12.1 Å². The van der Waals surface area contributed by atoms with Gasteiger partial charge in [-0.25, -0.2) is 0 Å². The third-order valence-corrected chi connectivity index (χ3v) is 2.35. The second-order valence-electron chi connectivity index (χ2n) is 2.99. The number of benzene rings is 1. The molecule has 0 N–H and O–H groups in total. The summed E-state index contributed by atoms with van der Waals surface area (Å²) < 4.78 is 1.77. The van der Waals surface area contributed by atoms with Gasteiger partial charge in [0.25, 0.3) is 0 Å². The summed E-state index contributed by atoms with van der Waals surface area (Å²) >= 11 is 5.82. The molecule has 0 fully saturated rings. The summed E-state index contributed by atoms with van der Waals surface area (Å²) in [6, 6.07) is 5.25. The third-order valence-electron chi connectivity index (χ3n) is 2.12. The number of aryl methyl sites for hydroxylation is 1. The molecule has 0 aliphatic heterocycles. The molecule has 3 nitrogen and oxygen atoms in total. The maximum atomic E-state index is 11.5. The summed E-state index contributed by atoms with van der Waals surface area (Å²) in [7, 11) is 0. The Morgan fingerprint density at radius 3 is 3.00 bits per heavy atom. The minimum atomic E-state index is -0.0906. The van der Waals surface area contributed by atoms with Gasteiger partial charge in [0.05, 0.1) is 17.1 Å². The Bertz CT molecular complexity index is 533. The highest BCUT2D eigenvalue weighted by molar-refractivity contribution is 6.31. The maximum Gasteiger partial charge on any atom is 0.208 e. The molecule has 0 unspecified atom stereocenters. The monoisotopic (exact) mass is 208 g/mol. The van der Waals surface area contributed by atoms with Gasteiger partial charge in [0, 0.05) is 11.6 Å². The lowest BCUT2D eigenvalue weighted by atomic mass is 10.2. The van der Waals surface area contributed by atoms with Crippen LogP contribution in [0.3, 0.4) is 0 Å². The Morgan fingerprint density at radius 2 is 2.29 bits per heavy atom. The van der Waals surface area contributed by atoms with Crippen LogP contribution in [0.4, 0.5) is 0 Å². The van der Waals surface area contributed by atoms with Crippen molar-refractivity contribution in [2.24, 2.45) is 0 Å². The van der Waals surface area contributed by atoms with Gasteiger partial charge < -0.3 is 0 Å². The minimum absolute atomic E-state index is 0.0906. The van der Waals surface area contributed by atoms with Crippen LogP contribution in [-0.2, 0) is 6.54 Å². The lowest BCUT2D eigenvalue weighted by molar-refractivity contribution is 0.668. The average Bonchev–Trinajstić information content (AvgIpc) is 2.19. The van der Waals surface area contributed by atoms with Crippen LogP contribution in [0.25, 0.3) is 10.9 Å². The summed E-state index contributed by atoms with van der Waals surface area (Å²) in [6.07, 6.45) is 1.32. The maximum absolute atomic E-state index is 11.5. The van der Waals surface area contributed by atoms with Crippen molar-refractivity contribution in [1.29, 1.82) is 0 Å². The van der Waals surface area contributed by atoms with Crippen molar-refractivity contribution in [2.45, 2.75) is 13.5 Å². The van der Waals surface area contributed by atoms with Crippen LogP contribution in [0, 0.1) is 0 Å². The molecule has 0 aliphatic carbocycles. The zero-order valence-corrected chi connectivity index (χ0v) is 8.45. The quantitative estimate of drug-likeness (QED) is 0.719. The predicted molar refractivity (Wildman–Crippen MR) is 56.7 cm³/mol. The number of rotatable bonds is 1. The molecule has 1 heterocycles. The van der Waals surface area contributed by atoms with E-state index in [0.29, 0.717) is 10.4 Å². The first kappa shape index (κ1) is 9.21. The van der Waals surface area contributed by atoms with Crippen LogP contribution < -0.4 is 5.43 Å². The van der Waals surface area contributed by atoms with E-state index in [1.54, 1.807) is 16.8 Å². The van der Waals surface area contributed by atoms with E-state index in [4.69, 9.17) is 11.6 Å². The SMILES string of the molecule is CCn1ncc(=O)c2cc(Cl)ccc21. The zero-order chi connectivity index (χ0) is 10.1. The molecule has 14 heavy (non-hydrogen) atoms. The molecule has 0 amide bonds. The van der Waals surface area contributed by atoms with Crippen molar-refractivity contribution in [1.82, 2.24) is 9.78 Å². The number of hydrogen-bond donors (Lipinski definition) is 0. The number of halogens is 1. The Hall–Kier alpha value is -1.35. The summed E-state index contributed by atoms with van der Waals surface area (Å²) in [4.78, 5) is 11.5. The molecule has 72 valence electrons. The topological polar surface area (TPSA) is 34.9 Å². The van der Waals surface area contributed by atoms with E-state index in [1.165, 1.54) is 6.20 Å². The van der Waals surface area contributed by atoms with Crippen LogP contribution in [0.15, 0.2) is 29.2 Å². The van der Waals surface area contributed by atoms with Gasteiger partial charge in [-0.05, 0) is 25.1 Å². The molecule has 0 atom stereocenters. The molecule has 0 aliphatic rings. The predicted octanol–water partition coefficient (Wildman–Crippen LogP) is 2.07. The van der Waals surface area contributed by atoms with E-state index >= 15 is 0 Å². The Kier molecular flexibility index (Phi) is 2.25. The minimum Gasteiger partial charge on any atom is -0.287 e. The van der Waals surface area contributed by atoms with Crippen LogP contribution in [0.2, 0.25) is 5.02 Å². The number of nitrogens with zero attached hydrogens (tertiary/aromatic N) is 2. The molecule has 2 aromatic rings. The van der Waals surface area contributed by atoms with Crippen molar-refractivity contribution >= 4 is 22.5 Å². The lowest BCUT2D eigenvalue weighted by Crippen LogP contribution is -2.10. The summed E-state index contributed by atoms with van der Waals surface area (Å²) in [5, 5.41) is 5.21. The van der Waals surface area contributed by atoms with Crippen molar-refractivity contribution < 1.29 is 0 Å². The van der Waals surface area contributed by atoms with Crippen molar-refractivity contribution in [3.05, 3.63) is 39.6 Å². The second-order valence-corrected chi connectivity index (χ2v) is 3.42. The Labute approximate surface area is 85.9 Å². The first-order valence-electron chi connectivity index (χ1n) is 4.37. The summed E-state index contributed by atoms with van der Waals surface area (Å²) in [6.45, 7) is 2.71. The smallest absolute Gasteiger partial charge is 0.208 e. The van der Waals surface area contributed by atoms with Crippen LogP contribution in [0.1, 0.15) is 6.92 Å². The second kappa shape index (κ2) is 3.42. The van der Waals surface area contributed by atoms with Gasteiger partial charge in [0.1, 0.15) is 0 Å². The van der Waals surface area contributed by atoms with E-state index in [-0.39, 0.29) is 5.43 Å². The van der Waals surface area contributed by atoms with Crippen LogP contribution in [0.5, 0.6) is 0 Å². The van der Waals surface area contributed by atoms with E-state index < -0.39 is 0 Å². The summed E-state index contributed by atoms with van der Waals surface area (Å²) in [5.41, 5.74) is 0.733. The highest BCUT2D eigenvalue weighted by Crippen LogP contribution is 2.15. The van der Waals surface area contributed by atoms with Gasteiger partial charge in [-0.3, -0.25) is 9.48 Å². The fraction of sp³-hybridized carbons (Fsp3) is 0.200. The molecule has 0 bridgehead atoms. The largest absolute Gasteiger partial charge is 0.287 e. The highest BCUT2D eigenvalue weighted by Gasteiger charge is 2.02. The van der Waals surface area contributed by atoms with Crippen LogP contribution >= 0.6 is 11.6 Å². The van der Waals surface area contributed by atoms with Gasteiger partial charge >= 0.3 is 0 Å². The molecule has 1 aromatic heterocycles. The Balaban J connectivity index is 2.91. The summed E-state index contributed by atoms with van der Waals surface area (Å²) in [5.74, 6) is 0. The third kappa shape index (κ3) is 1.40. The first-order chi connectivity index (χ1) is 6.72. The zero-order valence-electron chi connectivity index (χ0n) is 7.70. The number of fused-ring (bicyclic) bond motifs is 1. The van der Waals surface area contributed by atoms with Gasteiger partial charge in [-0.1, -0.05) is 11.6 Å². The Morgan fingerprint density at radius 1 is 1.50 bits per heavy atom. The fourth-order valence-corrected chi connectivity index (χ4v) is 1.61. The van der Waals surface area contributed by atoms with E-state index in [9.17, 15) is 4.79 Å². The van der Waals surface area contributed by atoms with Gasteiger partial charge in [0.15, 0.2) is 0 Å². The van der Waals surface area contributed by atoms with Gasteiger partial charge in [-0.2, -0.15) is 5.10 Å². The van der Waals surface area contributed by atoms with E-state index in [1.807, 2.05) is 13.0 Å². The molecule has 2 rings (SSSR count). The molecule has 1 aromatic carbocycles. The van der Waals surface area contributed by atoms with Crippen LogP contribution in [-0.4, -0.2) is 9.78 Å². The molecule has 0 spiro atoms. The van der Waals surface area contributed by atoms with E-state index in [2.05, 4.69) is 5.10 Å². The number of hydrogen-bond acceptors (Lipinski definition) is 2. The molecule has 0 radical (unpaired) electrons. The van der Waals surface area contributed by atoms with Crippen molar-refractivity contribution in [2.75, 3.05) is 0 Å².